The van der Waals surface area contributed by atoms with Crippen molar-refractivity contribution in [3.63, 3.8) is 0 Å². The Morgan fingerprint density at radius 3 is 2.76 bits per heavy atom. The van der Waals surface area contributed by atoms with E-state index in [-0.39, 0.29) is 0 Å². The van der Waals surface area contributed by atoms with Gasteiger partial charge in [0.05, 0.1) is 10.9 Å². The first-order valence-corrected chi connectivity index (χ1v) is 5.77. The van der Waals surface area contributed by atoms with Crippen LogP contribution in [0.2, 0.25) is 0 Å². The average Bonchev–Trinajstić information content (AvgIpc) is 2.33. The van der Waals surface area contributed by atoms with E-state index in [1.165, 1.54) is 6.42 Å². The first-order valence-electron chi connectivity index (χ1n) is 5.77. The molecule has 1 aliphatic carbocycles. The Kier molecular flexibility index (Phi) is 2.53. The van der Waals surface area contributed by atoms with Crippen LogP contribution in [0.25, 0.3) is 10.9 Å². The number of hydrogen-bond acceptors (Lipinski definition) is 5. The van der Waals surface area contributed by atoms with E-state index in [2.05, 4.69) is 15.4 Å². The van der Waals surface area contributed by atoms with Crippen molar-refractivity contribution in [3.8, 4) is 5.88 Å². The number of rotatable bonds is 3. The Morgan fingerprint density at radius 1 is 1.24 bits per heavy atom. The number of benzene rings is 1. The second kappa shape index (κ2) is 4.18. The maximum absolute atomic E-state index is 5.86. The van der Waals surface area contributed by atoms with E-state index in [9.17, 15) is 0 Å². The third-order valence-corrected chi connectivity index (χ3v) is 3.03. The molecule has 0 radical (unpaired) electrons. The quantitative estimate of drug-likeness (QED) is 0.621. The zero-order valence-corrected chi connectivity index (χ0v) is 9.39. The summed E-state index contributed by atoms with van der Waals surface area (Å²) < 4.78 is 5.86. The summed E-state index contributed by atoms with van der Waals surface area (Å²) in [6.07, 6.45) is 3.72. The number of aromatic nitrogens is 2. The summed E-state index contributed by atoms with van der Waals surface area (Å²) in [5, 5.41) is 0.929. The van der Waals surface area contributed by atoms with Crippen molar-refractivity contribution >= 4 is 16.9 Å². The molecule has 1 saturated carbocycles. The van der Waals surface area contributed by atoms with Crippen LogP contribution < -0.4 is 16.0 Å². The topological polar surface area (TPSA) is 73.1 Å². The summed E-state index contributed by atoms with van der Waals surface area (Å²) in [6, 6.07) is 7.77. The molecule has 3 rings (SSSR count). The number of hydrogen-bond donors (Lipinski definition) is 2. The number of nitrogens with one attached hydrogen (secondary N) is 1. The van der Waals surface area contributed by atoms with E-state index in [1.807, 2.05) is 24.3 Å². The van der Waals surface area contributed by atoms with E-state index in [0.29, 0.717) is 17.9 Å². The van der Waals surface area contributed by atoms with Gasteiger partial charge in [-0.2, -0.15) is 4.98 Å². The highest BCUT2D eigenvalue weighted by Crippen LogP contribution is 2.29. The molecule has 0 amide bonds. The van der Waals surface area contributed by atoms with Gasteiger partial charge in [-0.05, 0) is 31.4 Å². The molecule has 0 bridgehead atoms. The minimum absolute atomic E-state index is 0.291. The molecule has 1 aromatic heterocycles. The maximum atomic E-state index is 5.86. The van der Waals surface area contributed by atoms with Crippen LogP contribution in [0.1, 0.15) is 19.3 Å². The fourth-order valence-corrected chi connectivity index (χ4v) is 1.85. The normalized spacial score (nSPS) is 15.6. The maximum Gasteiger partial charge on any atom is 0.241 e. The highest BCUT2D eigenvalue weighted by Gasteiger charge is 2.21. The molecule has 5 nitrogen and oxygen atoms in total. The SMILES string of the molecule is NNc1nc(OC2CCC2)c2ccccc2n1. The first-order chi connectivity index (χ1) is 8.36. The van der Waals surface area contributed by atoms with Crippen molar-refractivity contribution in [2.45, 2.75) is 25.4 Å². The van der Waals surface area contributed by atoms with Crippen molar-refractivity contribution in [3.05, 3.63) is 24.3 Å². The fourth-order valence-electron chi connectivity index (χ4n) is 1.85. The van der Waals surface area contributed by atoms with Crippen LogP contribution in [0.3, 0.4) is 0 Å². The monoisotopic (exact) mass is 230 g/mol. The van der Waals surface area contributed by atoms with Crippen LogP contribution in [0.15, 0.2) is 24.3 Å². The molecule has 1 heterocycles. The Bertz CT molecular complexity index is 539. The molecule has 1 fully saturated rings. The lowest BCUT2D eigenvalue weighted by Crippen LogP contribution is -2.25. The molecular formula is C12H14N4O. The predicted molar refractivity (Wildman–Crippen MR) is 65.6 cm³/mol. The minimum atomic E-state index is 0.291. The van der Waals surface area contributed by atoms with Gasteiger partial charge in [0.2, 0.25) is 11.8 Å². The highest BCUT2D eigenvalue weighted by atomic mass is 16.5. The smallest absolute Gasteiger partial charge is 0.241 e. The molecule has 0 atom stereocenters. The van der Waals surface area contributed by atoms with E-state index in [1.54, 1.807) is 0 Å². The Hall–Kier alpha value is -1.88. The van der Waals surface area contributed by atoms with Gasteiger partial charge < -0.3 is 4.74 Å². The van der Waals surface area contributed by atoms with Crippen molar-refractivity contribution in [1.29, 1.82) is 0 Å². The minimum Gasteiger partial charge on any atom is -0.474 e. The van der Waals surface area contributed by atoms with Gasteiger partial charge in [-0.25, -0.2) is 10.8 Å². The first kappa shape index (κ1) is 10.3. The molecule has 88 valence electrons. The number of ether oxygens (including phenoxy) is 1. The Labute approximate surface area is 99.0 Å². The summed E-state index contributed by atoms with van der Waals surface area (Å²) in [4.78, 5) is 8.55. The van der Waals surface area contributed by atoms with Gasteiger partial charge in [0, 0.05) is 0 Å². The van der Waals surface area contributed by atoms with Crippen LogP contribution in [0, 0.1) is 0 Å². The molecular weight excluding hydrogens is 216 g/mol. The van der Waals surface area contributed by atoms with E-state index < -0.39 is 0 Å². The molecule has 3 N–H and O–H groups in total. The number of para-hydroxylation sites is 1. The van der Waals surface area contributed by atoms with Gasteiger partial charge in [-0.15, -0.1) is 0 Å². The van der Waals surface area contributed by atoms with Gasteiger partial charge in [-0.3, -0.25) is 5.43 Å². The largest absolute Gasteiger partial charge is 0.474 e. The zero-order chi connectivity index (χ0) is 11.7. The number of anilines is 1. The molecule has 2 aromatic rings. The third kappa shape index (κ3) is 1.89. The molecule has 0 unspecified atom stereocenters. The third-order valence-electron chi connectivity index (χ3n) is 3.03. The second-order valence-corrected chi connectivity index (χ2v) is 4.18. The van der Waals surface area contributed by atoms with Gasteiger partial charge in [0.1, 0.15) is 6.10 Å². The summed E-state index contributed by atoms with van der Waals surface area (Å²) in [5.41, 5.74) is 3.30. The summed E-state index contributed by atoms with van der Waals surface area (Å²) in [7, 11) is 0. The van der Waals surface area contributed by atoms with Crippen molar-refractivity contribution in [2.75, 3.05) is 5.43 Å². The Balaban J connectivity index is 2.05. The molecule has 0 saturated heterocycles. The van der Waals surface area contributed by atoms with E-state index in [4.69, 9.17) is 10.6 Å². The standard InChI is InChI=1S/C12H14N4O/c13-16-12-14-10-7-2-1-6-9(10)11(15-12)17-8-4-3-5-8/h1-2,6-8H,3-5,13H2,(H,14,15,16). The zero-order valence-electron chi connectivity index (χ0n) is 9.39. The number of hydrazine groups is 1. The van der Waals surface area contributed by atoms with Crippen molar-refractivity contribution < 1.29 is 4.74 Å². The number of nitrogens with two attached hydrogens (primary N) is 1. The summed E-state index contributed by atoms with van der Waals surface area (Å²) in [6.45, 7) is 0. The number of nitrogens with zero attached hydrogens (tertiary/aromatic N) is 2. The average molecular weight is 230 g/mol. The Morgan fingerprint density at radius 2 is 2.06 bits per heavy atom. The molecule has 17 heavy (non-hydrogen) atoms. The van der Waals surface area contributed by atoms with Crippen LogP contribution >= 0.6 is 0 Å². The summed E-state index contributed by atoms with van der Waals surface area (Å²) >= 11 is 0. The van der Waals surface area contributed by atoms with Gasteiger partial charge in [-0.1, -0.05) is 12.1 Å². The predicted octanol–water partition coefficient (Wildman–Crippen LogP) is 1.85. The van der Waals surface area contributed by atoms with E-state index in [0.717, 1.165) is 23.7 Å². The molecule has 0 spiro atoms. The lowest BCUT2D eigenvalue weighted by Gasteiger charge is -2.26. The fraction of sp³-hybridized carbons (Fsp3) is 0.333. The van der Waals surface area contributed by atoms with Crippen molar-refractivity contribution in [1.82, 2.24) is 9.97 Å². The molecule has 1 aromatic carbocycles. The lowest BCUT2D eigenvalue weighted by atomic mass is 9.96. The van der Waals surface area contributed by atoms with Gasteiger partial charge >= 0.3 is 0 Å². The molecule has 0 aliphatic heterocycles. The number of nitrogen functional groups attached to an aromatic ring is 1. The van der Waals surface area contributed by atoms with Crippen LogP contribution in [0.5, 0.6) is 5.88 Å². The second-order valence-electron chi connectivity index (χ2n) is 4.18. The van der Waals surface area contributed by atoms with E-state index >= 15 is 0 Å². The molecule has 1 aliphatic rings. The highest BCUT2D eigenvalue weighted by molar-refractivity contribution is 5.84. The van der Waals surface area contributed by atoms with Crippen LogP contribution in [-0.2, 0) is 0 Å². The van der Waals surface area contributed by atoms with Gasteiger partial charge in [0.15, 0.2) is 0 Å². The van der Waals surface area contributed by atoms with Gasteiger partial charge in [0.25, 0.3) is 0 Å². The number of fused-ring (bicyclic) bond motifs is 1. The lowest BCUT2D eigenvalue weighted by molar-refractivity contribution is 0.117. The van der Waals surface area contributed by atoms with Crippen LogP contribution in [0.4, 0.5) is 5.95 Å². The summed E-state index contributed by atoms with van der Waals surface area (Å²) in [5.74, 6) is 6.36. The van der Waals surface area contributed by atoms with Crippen LogP contribution in [-0.4, -0.2) is 16.1 Å². The van der Waals surface area contributed by atoms with Crippen molar-refractivity contribution in [2.24, 2.45) is 5.84 Å². The molecule has 5 heteroatoms.